The standard InChI is InChI=1S/C10H5F2N3OS/c11-9(12)8-2-1-7(16-8)5-3-6-10(13-4-5)15-17-14-6/h1-4,9H. The lowest BCUT2D eigenvalue weighted by atomic mass is 10.2. The van der Waals surface area contributed by atoms with Crippen LogP contribution in [-0.2, 0) is 0 Å². The summed E-state index contributed by atoms with van der Waals surface area (Å²) in [5.41, 5.74) is 1.78. The quantitative estimate of drug-likeness (QED) is 0.703. The summed E-state index contributed by atoms with van der Waals surface area (Å²) in [5.74, 6) is -0.000741. The van der Waals surface area contributed by atoms with E-state index in [4.69, 9.17) is 4.42 Å². The molecule has 3 aromatic heterocycles. The Morgan fingerprint density at radius 2 is 2.12 bits per heavy atom. The molecule has 0 bridgehead atoms. The Kier molecular flexibility index (Phi) is 2.32. The molecule has 0 radical (unpaired) electrons. The molecule has 3 rings (SSSR count). The van der Waals surface area contributed by atoms with E-state index in [2.05, 4.69) is 13.7 Å². The van der Waals surface area contributed by atoms with Gasteiger partial charge in [-0.1, -0.05) is 0 Å². The molecule has 0 fully saturated rings. The average molecular weight is 253 g/mol. The smallest absolute Gasteiger partial charge is 0.295 e. The fourth-order valence-corrected chi connectivity index (χ4v) is 1.93. The van der Waals surface area contributed by atoms with Crippen LogP contribution in [0.15, 0.2) is 28.8 Å². The second kappa shape index (κ2) is 3.85. The summed E-state index contributed by atoms with van der Waals surface area (Å²) >= 11 is 1.05. The number of aromatic nitrogens is 3. The Labute approximate surface area is 98.2 Å². The molecule has 0 aliphatic rings. The van der Waals surface area contributed by atoms with Gasteiger partial charge in [0, 0.05) is 11.8 Å². The lowest BCUT2D eigenvalue weighted by Gasteiger charge is -1.96. The SMILES string of the molecule is FC(F)c1ccc(-c2cnc3nsnc3c2)o1. The van der Waals surface area contributed by atoms with Gasteiger partial charge in [0.15, 0.2) is 11.4 Å². The first-order valence-electron chi connectivity index (χ1n) is 4.70. The molecule has 0 spiro atoms. The number of pyridine rings is 1. The minimum absolute atomic E-state index is 0.350. The van der Waals surface area contributed by atoms with Gasteiger partial charge in [-0.25, -0.2) is 13.8 Å². The van der Waals surface area contributed by atoms with Gasteiger partial charge in [0.25, 0.3) is 6.43 Å². The Bertz CT molecular complexity index is 664. The largest absolute Gasteiger partial charge is 0.455 e. The van der Waals surface area contributed by atoms with Crippen LogP contribution >= 0.6 is 11.7 Å². The molecule has 0 aliphatic heterocycles. The van der Waals surface area contributed by atoms with Gasteiger partial charge in [-0.05, 0) is 18.2 Å². The molecule has 3 heterocycles. The van der Waals surface area contributed by atoms with Gasteiger partial charge in [-0.15, -0.1) is 0 Å². The summed E-state index contributed by atoms with van der Waals surface area (Å²) in [6.07, 6.45) is -1.08. The normalized spacial score (nSPS) is 11.5. The van der Waals surface area contributed by atoms with Gasteiger partial charge < -0.3 is 4.42 Å². The molecule has 0 N–H and O–H groups in total. The van der Waals surface area contributed by atoms with E-state index in [1.54, 1.807) is 6.07 Å². The molecule has 0 aromatic carbocycles. The fourth-order valence-electron chi connectivity index (χ4n) is 1.45. The first kappa shape index (κ1) is 10.3. The van der Waals surface area contributed by atoms with Crippen LogP contribution in [0, 0.1) is 0 Å². The Morgan fingerprint density at radius 3 is 2.88 bits per heavy atom. The zero-order valence-corrected chi connectivity index (χ0v) is 9.12. The molecule has 0 saturated carbocycles. The summed E-state index contributed by atoms with van der Waals surface area (Å²) in [5, 5.41) is 0. The van der Waals surface area contributed by atoms with Crippen molar-refractivity contribution >= 4 is 22.9 Å². The predicted molar refractivity (Wildman–Crippen MR) is 57.9 cm³/mol. The van der Waals surface area contributed by atoms with Crippen LogP contribution in [-0.4, -0.2) is 13.7 Å². The van der Waals surface area contributed by atoms with E-state index in [1.807, 2.05) is 0 Å². The maximum absolute atomic E-state index is 12.4. The number of hydrogen-bond donors (Lipinski definition) is 0. The molecule has 4 nitrogen and oxygen atoms in total. The van der Waals surface area contributed by atoms with E-state index < -0.39 is 6.43 Å². The Balaban J connectivity index is 2.06. The molecule has 7 heteroatoms. The topological polar surface area (TPSA) is 51.8 Å². The van der Waals surface area contributed by atoms with Crippen LogP contribution in [0.4, 0.5) is 8.78 Å². The molecule has 86 valence electrons. The monoisotopic (exact) mass is 253 g/mol. The van der Waals surface area contributed by atoms with Gasteiger partial charge in [0.2, 0.25) is 0 Å². The second-order valence-electron chi connectivity index (χ2n) is 3.33. The molecule has 0 unspecified atom stereocenters. The zero-order chi connectivity index (χ0) is 11.8. The van der Waals surface area contributed by atoms with Crippen molar-refractivity contribution in [2.24, 2.45) is 0 Å². The summed E-state index contributed by atoms with van der Waals surface area (Å²) in [6.45, 7) is 0. The molecule has 0 aliphatic carbocycles. The number of halogens is 2. The highest BCUT2D eigenvalue weighted by atomic mass is 32.1. The summed E-state index contributed by atoms with van der Waals surface area (Å²) in [7, 11) is 0. The van der Waals surface area contributed by atoms with E-state index in [1.165, 1.54) is 18.3 Å². The molecular weight excluding hydrogens is 248 g/mol. The van der Waals surface area contributed by atoms with E-state index in [0.29, 0.717) is 22.5 Å². The molecule has 17 heavy (non-hydrogen) atoms. The lowest BCUT2D eigenvalue weighted by Crippen LogP contribution is -1.80. The van der Waals surface area contributed by atoms with E-state index in [0.717, 1.165) is 11.7 Å². The van der Waals surface area contributed by atoms with E-state index in [-0.39, 0.29) is 5.76 Å². The predicted octanol–water partition coefficient (Wildman–Crippen LogP) is 3.28. The van der Waals surface area contributed by atoms with Crippen molar-refractivity contribution in [1.82, 2.24) is 13.7 Å². The van der Waals surface area contributed by atoms with E-state index in [9.17, 15) is 8.78 Å². The highest BCUT2D eigenvalue weighted by molar-refractivity contribution is 7.00. The summed E-state index contributed by atoms with van der Waals surface area (Å²) < 4.78 is 37.7. The van der Waals surface area contributed by atoms with Crippen LogP contribution in [0.5, 0.6) is 0 Å². The lowest BCUT2D eigenvalue weighted by molar-refractivity contribution is 0.123. The van der Waals surface area contributed by atoms with Gasteiger partial charge in [0.1, 0.15) is 11.3 Å². The van der Waals surface area contributed by atoms with Gasteiger partial charge in [0.05, 0.1) is 11.7 Å². The maximum Gasteiger partial charge on any atom is 0.295 e. The minimum atomic E-state index is -2.61. The molecule has 0 amide bonds. The van der Waals surface area contributed by atoms with Gasteiger partial charge >= 0.3 is 0 Å². The van der Waals surface area contributed by atoms with Crippen LogP contribution in [0.25, 0.3) is 22.5 Å². The number of nitrogens with zero attached hydrogens (tertiary/aromatic N) is 3. The van der Waals surface area contributed by atoms with Crippen LogP contribution in [0.3, 0.4) is 0 Å². The highest BCUT2D eigenvalue weighted by Crippen LogP contribution is 2.28. The number of fused-ring (bicyclic) bond motifs is 1. The number of rotatable bonds is 2. The zero-order valence-electron chi connectivity index (χ0n) is 8.30. The summed E-state index contributed by atoms with van der Waals surface area (Å²) in [6, 6.07) is 4.45. The molecule has 0 atom stereocenters. The van der Waals surface area contributed by atoms with Crippen molar-refractivity contribution in [2.75, 3.05) is 0 Å². The van der Waals surface area contributed by atoms with Crippen LogP contribution in [0.2, 0.25) is 0 Å². The van der Waals surface area contributed by atoms with Crippen LogP contribution in [0.1, 0.15) is 12.2 Å². The maximum atomic E-state index is 12.4. The average Bonchev–Trinajstić information content (AvgIpc) is 2.97. The third kappa shape index (κ3) is 1.78. The molecule has 3 aromatic rings. The van der Waals surface area contributed by atoms with Crippen molar-refractivity contribution in [3.05, 3.63) is 30.2 Å². The van der Waals surface area contributed by atoms with Gasteiger partial charge in [-0.2, -0.15) is 8.75 Å². The second-order valence-corrected chi connectivity index (χ2v) is 3.86. The van der Waals surface area contributed by atoms with Crippen molar-refractivity contribution in [3.8, 4) is 11.3 Å². The molecular formula is C10H5F2N3OS. The third-order valence-electron chi connectivity index (χ3n) is 2.24. The fraction of sp³-hybridized carbons (Fsp3) is 0.100. The Hall–Kier alpha value is -1.89. The first-order valence-corrected chi connectivity index (χ1v) is 5.43. The number of hydrogen-bond acceptors (Lipinski definition) is 5. The van der Waals surface area contributed by atoms with Crippen molar-refractivity contribution in [1.29, 1.82) is 0 Å². The highest BCUT2D eigenvalue weighted by Gasteiger charge is 2.14. The van der Waals surface area contributed by atoms with Crippen molar-refractivity contribution < 1.29 is 13.2 Å². The van der Waals surface area contributed by atoms with Crippen molar-refractivity contribution in [3.63, 3.8) is 0 Å². The molecule has 0 saturated heterocycles. The number of alkyl halides is 2. The summed E-state index contributed by atoms with van der Waals surface area (Å²) in [4.78, 5) is 4.06. The van der Waals surface area contributed by atoms with Crippen molar-refractivity contribution in [2.45, 2.75) is 6.43 Å². The van der Waals surface area contributed by atoms with Gasteiger partial charge in [-0.3, -0.25) is 0 Å². The first-order chi connectivity index (χ1) is 8.24. The number of furan rings is 1. The third-order valence-corrected chi connectivity index (χ3v) is 2.77. The Morgan fingerprint density at radius 1 is 1.24 bits per heavy atom. The van der Waals surface area contributed by atoms with E-state index >= 15 is 0 Å². The van der Waals surface area contributed by atoms with Crippen LogP contribution < -0.4 is 0 Å². The minimum Gasteiger partial charge on any atom is -0.455 e.